The summed E-state index contributed by atoms with van der Waals surface area (Å²) in [6.45, 7) is 8.72. The van der Waals surface area contributed by atoms with Gasteiger partial charge in [0.25, 0.3) is 0 Å². The normalized spacial score (nSPS) is 14.3. The standard InChI is InChI=1S/C22H29N3O2.ClH/c1-17-8-9-19(16-18(17)2)23-22(26)10-11-24-12-14-25(15-13-24)20-6-4-5-7-21(20)27-3;/h4-9,16H,10-15H2,1-3H3,(H,23,26);1H. The summed E-state index contributed by atoms with van der Waals surface area (Å²) < 4.78 is 5.47. The molecule has 1 heterocycles. The number of hydrogen-bond donors (Lipinski definition) is 1. The van der Waals surface area contributed by atoms with Crippen molar-refractivity contribution in [3.63, 3.8) is 0 Å². The van der Waals surface area contributed by atoms with Crippen molar-refractivity contribution < 1.29 is 9.53 Å². The molecule has 0 radical (unpaired) electrons. The van der Waals surface area contributed by atoms with Crippen LogP contribution in [-0.2, 0) is 4.79 Å². The first-order valence-electron chi connectivity index (χ1n) is 9.54. The second-order valence-electron chi connectivity index (χ2n) is 7.10. The van der Waals surface area contributed by atoms with Crippen LogP contribution >= 0.6 is 12.4 Å². The lowest BCUT2D eigenvalue weighted by atomic mass is 10.1. The van der Waals surface area contributed by atoms with E-state index in [1.807, 2.05) is 36.4 Å². The predicted octanol–water partition coefficient (Wildman–Crippen LogP) is 3.88. The van der Waals surface area contributed by atoms with Gasteiger partial charge in [0.15, 0.2) is 0 Å². The summed E-state index contributed by atoms with van der Waals surface area (Å²) in [7, 11) is 1.71. The van der Waals surface area contributed by atoms with Gasteiger partial charge in [-0.1, -0.05) is 18.2 Å². The highest BCUT2D eigenvalue weighted by molar-refractivity contribution is 5.90. The average molecular weight is 404 g/mol. The molecule has 1 aliphatic heterocycles. The summed E-state index contributed by atoms with van der Waals surface area (Å²) in [6, 6.07) is 14.2. The molecule has 1 aliphatic rings. The Balaban J connectivity index is 0.00000280. The van der Waals surface area contributed by atoms with Crippen LogP contribution < -0.4 is 15.0 Å². The number of anilines is 2. The molecule has 2 aromatic rings. The van der Waals surface area contributed by atoms with Gasteiger partial charge in [0.1, 0.15) is 5.75 Å². The summed E-state index contributed by atoms with van der Waals surface area (Å²) in [5.41, 5.74) is 4.46. The van der Waals surface area contributed by atoms with Crippen molar-refractivity contribution in [1.29, 1.82) is 0 Å². The van der Waals surface area contributed by atoms with Gasteiger partial charge in [0.05, 0.1) is 12.8 Å². The van der Waals surface area contributed by atoms with Crippen LogP contribution in [0.15, 0.2) is 42.5 Å². The number of nitrogens with one attached hydrogen (secondary N) is 1. The maximum atomic E-state index is 12.3. The van der Waals surface area contributed by atoms with E-state index >= 15 is 0 Å². The number of carbonyl (C=O) groups is 1. The van der Waals surface area contributed by atoms with Gasteiger partial charge in [0, 0.05) is 44.8 Å². The second-order valence-corrected chi connectivity index (χ2v) is 7.10. The Kier molecular flexibility index (Phi) is 8.15. The van der Waals surface area contributed by atoms with Gasteiger partial charge in [0.2, 0.25) is 5.91 Å². The molecule has 1 saturated heterocycles. The third-order valence-electron chi connectivity index (χ3n) is 5.24. The van der Waals surface area contributed by atoms with Crippen molar-refractivity contribution in [3.8, 4) is 5.75 Å². The molecular formula is C22H30ClN3O2. The van der Waals surface area contributed by atoms with Crippen molar-refractivity contribution in [2.45, 2.75) is 20.3 Å². The average Bonchev–Trinajstić information content (AvgIpc) is 2.69. The Morgan fingerprint density at radius 2 is 1.75 bits per heavy atom. The van der Waals surface area contributed by atoms with E-state index in [4.69, 9.17) is 4.74 Å². The molecule has 1 N–H and O–H groups in total. The molecule has 0 atom stereocenters. The van der Waals surface area contributed by atoms with Crippen LogP contribution in [0, 0.1) is 13.8 Å². The first-order chi connectivity index (χ1) is 13.1. The lowest BCUT2D eigenvalue weighted by molar-refractivity contribution is -0.116. The van der Waals surface area contributed by atoms with Crippen molar-refractivity contribution in [2.24, 2.45) is 0 Å². The molecule has 2 aromatic carbocycles. The maximum absolute atomic E-state index is 12.3. The lowest BCUT2D eigenvalue weighted by Crippen LogP contribution is -2.47. The highest BCUT2D eigenvalue weighted by atomic mass is 35.5. The lowest BCUT2D eigenvalue weighted by Gasteiger charge is -2.36. The molecule has 0 unspecified atom stereocenters. The number of piperazine rings is 1. The minimum atomic E-state index is 0. The first kappa shape index (κ1) is 22.1. The van der Waals surface area contributed by atoms with E-state index in [0.717, 1.165) is 49.8 Å². The molecule has 5 nitrogen and oxygen atoms in total. The van der Waals surface area contributed by atoms with Crippen molar-refractivity contribution in [3.05, 3.63) is 53.6 Å². The zero-order valence-corrected chi connectivity index (χ0v) is 17.7. The molecule has 3 rings (SSSR count). The zero-order valence-electron chi connectivity index (χ0n) is 16.9. The van der Waals surface area contributed by atoms with Crippen LogP contribution in [0.2, 0.25) is 0 Å². The minimum absolute atomic E-state index is 0. The summed E-state index contributed by atoms with van der Waals surface area (Å²) >= 11 is 0. The third kappa shape index (κ3) is 5.63. The summed E-state index contributed by atoms with van der Waals surface area (Å²) in [5.74, 6) is 0.990. The van der Waals surface area contributed by atoms with Gasteiger partial charge in [-0.2, -0.15) is 0 Å². The predicted molar refractivity (Wildman–Crippen MR) is 118 cm³/mol. The fourth-order valence-corrected chi connectivity index (χ4v) is 3.41. The van der Waals surface area contributed by atoms with E-state index in [9.17, 15) is 4.79 Å². The molecule has 0 bridgehead atoms. The smallest absolute Gasteiger partial charge is 0.225 e. The highest BCUT2D eigenvalue weighted by Crippen LogP contribution is 2.28. The number of amides is 1. The largest absolute Gasteiger partial charge is 0.495 e. The Labute approximate surface area is 174 Å². The fraction of sp³-hybridized carbons (Fsp3) is 0.409. The summed E-state index contributed by atoms with van der Waals surface area (Å²) in [5, 5.41) is 3.01. The monoisotopic (exact) mass is 403 g/mol. The number of rotatable bonds is 6. The maximum Gasteiger partial charge on any atom is 0.225 e. The number of nitrogens with zero attached hydrogens (tertiary/aromatic N) is 2. The molecule has 152 valence electrons. The van der Waals surface area contributed by atoms with E-state index in [1.165, 1.54) is 11.1 Å². The van der Waals surface area contributed by atoms with Crippen molar-refractivity contribution >= 4 is 29.7 Å². The number of ether oxygens (including phenoxy) is 1. The van der Waals surface area contributed by atoms with Gasteiger partial charge in [-0.15, -0.1) is 12.4 Å². The number of methoxy groups -OCH3 is 1. The Hall–Kier alpha value is -2.24. The summed E-state index contributed by atoms with van der Waals surface area (Å²) in [4.78, 5) is 17.0. The van der Waals surface area contributed by atoms with Crippen LogP contribution in [0.1, 0.15) is 17.5 Å². The van der Waals surface area contributed by atoms with Gasteiger partial charge in [-0.3, -0.25) is 9.69 Å². The van der Waals surface area contributed by atoms with Gasteiger partial charge >= 0.3 is 0 Å². The van der Waals surface area contributed by atoms with E-state index in [2.05, 4.69) is 35.0 Å². The molecule has 0 saturated carbocycles. The molecule has 0 spiro atoms. The fourth-order valence-electron chi connectivity index (χ4n) is 3.41. The van der Waals surface area contributed by atoms with Crippen LogP contribution in [0.25, 0.3) is 0 Å². The SMILES string of the molecule is COc1ccccc1N1CCN(CCC(=O)Nc2ccc(C)c(C)c2)CC1.Cl. The van der Waals surface area contributed by atoms with Crippen LogP contribution in [-0.4, -0.2) is 50.6 Å². The number of carbonyl (C=O) groups excluding carboxylic acids is 1. The third-order valence-corrected chi connectivity index (χ3v) is 5.24. The van der Waals surface area contributed by atoms with E-state index in [-0.39, 0.29) is 18.3 Å². The number of halogens is 1. The van der Waals surface area contributed by atoms with Gasteiger partial charge < -0.3 is 15.0 Å². The van der Waals surface area contributed by atoms with Gasteiger partial charge in [-0.05, 0) is 49.2 Å². The Morgan fingerprint density at radius 1 is 1.04 bits per heavy atom. The van der Waals surface area contributed by atoms with Crippen molar-refractivity contribution in [2.75, 3.05) is 50.1 Å². The molecule has 0 aliphatic carbocycles. The highest BCUT2D eigenvalue weighted by Gasteiger charge is 2.19. The quantitative estimate of drug-likeness (QED) is 0.794. The van der Waals surface area contributed by atoms with Crippen molar-refractivity contribution in [1.82, 2.24) is 4.90 Å². The van der Waals surface area contributed by atoms with Crippen LogP contribution in [0.3, 0.4) is 0 Å². The number of hydrogen-bond acceptors (Lipinski definition) is 4. The summed E-state index contributed by atoms with van der Waals surface area (Å²) in [6.07, 6.45) is 0.515. The zero-order chi connectivity index (χ0) is 19.2. The minimum Gasteiger partial charge on any atom is -0.495 e. The molecule has 1 amide bonds. The molecular weight excluding hydrogens is 374 g/mol. The molecule has 1 fully saturated rings. The molecule has 6 heteroatoms. The second kappa shape index (κ2) is 10.3. The van der Waals surface area contributed by atoms with E-state index in [1.54, 1.807) is 7.11 Å². The number of para-hydroxylation sites is 2. The van der Waals surface area contributed by atoms with E-state index in [0.29, 0.717) is 6.42 Å². The molecule has 28 heavy (non-hydrogen) atoms. The van der Waals surface area contributed by atoms with Crippen LogP contribution in [0.5, 0.6) is 5.75 Å². The first-order valence-corrected chi connectivity index (χ1v) is 9.54. The Bertz CT molecular complexity index is 789. The number of aryl methyl sites for hydroxylation is 2. The van der Waals surface area contributed by atoms with E-state index < -0.39 is 0 Å². The topological polar surface area (TPSA) is 44.8 Å². The Morgan fingerprint density at radius 3 is 2.43 bits per heavy atom. The number of benzene rings is 2. The molecule has 0 aromatic heterocycles. The van der Waals surface area contributed by atoms with Gasteiger partial charge in [-0.25, -0.2) is 0 Å². The van der Waals surface area contributed by atoms with Crippen LogP contribution in [0.4, 0.5) is 11.4 Å².